The minimum Gasteiger partial charge on any atom is -0.478 e. The highest BCUT2D eigenvalue weighted by molar-refractivity contribution is 6.07. The van der Waals surface area contributed by atoms with Crippen LogP contribution in [0.1, 0.15) is 38.8 Å². The Hall–Kier alpha value is -2.62. The molecule has 0 fully saturated rings. The Kier molecular flexibility index (Phi) is 3.22. The van der Waals surface area contributed by atoms with Crippen LogP contribution in [-0.4, -0.2) is 23.5 Å². The van der Waals surface area contributed by atoms with E-state index in [-0.39, 0.29) is 11.5 Å². The first-order valence-electron chi connectivity index (χ1n) is 6.89. The van der Waals surface area contributed by atoms with Crippen LogP contribution in [0.15, 0.2) is 36.4 Å². The molecule has 1 amide bonds. The molecule has 2 N–H and O–H groups in total. The molecule has 0 aliphatic heterocycles. The summed E-state index contributed by atoms with van der Waals surface area (Å²) in [7, 11) is 0. The highest BCUT2D eigenvalue weighted by atomic mass is 16.4. The second-order valence-corrected chi connectivity index (χ2v) is 5.02. The highest BCUT2D eigenvalue weighted by Gasteiger charge is 2.27. The van der Waals surface area contributed by atoms with Crippen molar-refractivity contribution >= 4 is 11.9 Å². The van der Waals surface area contributed by atoms with Gasteiger partial charge in [-0.1, -0.05) is 24.3 Å². The molecule has 21 heavy (non-hydrogen) atoms. The van der Waals surface area contributed by atoms with Crippen LogP contribution in [-0.2, 0) is 6.42 Å². The van der Waals surface area contributed by atoms with Crippen LogP contribution in [0, 0.1) is 0 Å². The van der Waals surface area contributed by atoms with E-state index in [4.69, 9.17) is 0 Å². The fraction of sp³-hybridized carbons (Fsp3) is 0.176. The minimum absolute atomic E-state index is 0.164. The Labute approximate surface area is 122 Å². The molecule has 1 aliphatic carbocycles. The number of hydrogen-bond acceptors (Lipinski definition) is 2. The van der Waals surface area contributed by atoms with E-state index in [0.29, 0.717) is 24.1 Å². The Morgan fingerprint density at radius 1 is 1.05 bits per heavy atom. The first kappa shape index (κ1) is 13.4. The van der Waals surface area contributed by atoms with Gasteiger partial charge in [0, 0.05) is 17.7 Å². The zero-order valence-corrected chi connectivity index (χ0v) is 11.6. The third kappa shape index (κ3) is 2.09. The van der Waals surface area contributed by atoms with E-state index >= 15 is 0 Å². The van der Waals surface area contributed by atoms with Gasteiger partial charge in [-0.05, 0) is 42.2 Å². The lowest BCUT2D eigenvalue weighted by Gasteiger charge is -2.11. The molecule has 0 spiro atoms. The number of fused-ring (bicyclic) bond motifs is 3. The number of benzene rings is 2. The molecule has 3 rings (SSSR count). The number of amides is 1. The molecular weight excluding hydrogens is 266 g/mol. The molecular formula is C17H15NO3. The number of carboxylic acid groups (broad SMARTS) is 1. The lowest BCUT2D eigenvalue weighted by atomic mass is 9.95. The SMILES string of the molecule is CCNC(=O)c1cccc2c1-c1c(cccc1C(=O)O)C2. The molecule has 4 nitrogen and oxygen atoms in total. The van der Waals surface area contributed by atoms with Crippen molar-refractivity contribution in [3.63, 3.8) is 0 Å². The maximum atomic E-state index is 12.2. The Morgan fingerprint density at radius 3 is 2.19 bits per heavy atom. The summed E-state index contributed by atoms with van der Waals surface area (Å²) in [4.78, 5) is 23.7. The first-order chi connectivity index (χ1) is 10.1. The van der Waals surface area contributed by atoms with Crippen LogP contribution >= 0.6 is 0 Å². The molecule has 2 aromatic carbocycles. The van der Waals surface area contributed by atoms with Gasteiger partial charge in [0.05, 0.1) is 5.56 Å². The van der Waals surface area contributed by atoms with Crippen molar-refractivity contribution in [3.8, 4) is 11.1 Å². The standard InChI is InChI=1S/C17H15NO3/c1-2-18-16(19)12-7-3-5-10-9-11-6-4-8-13(17(20)21)15(11)14(10)12/h3-8H,2,9H2,1H3,(H,18,19)(H,20,21). The van der Waals surface area contributed by atoms with Gasteiger partial charge < -0.3 is 10.4 Å². The van der Waals surface area contributed by atoms with Crippen molar-refractivity contribution < 1.29 is 14.7 Å². The number of nitrogens with one attached hydrogen (secondary N) is 1. The molecule has 4 heteroatoms. The number of carbonyl (C=O) groups excluding carboxylic acids is 1. The molecule has 0 heterocycles. The number of rotatable bonds is 3. The van der Waals surface area contributed by atoms with Crippen LogP contribution in [0.3, 0.4) is 0 Å². The summed E-state index contributed by atoms with van der Waals surface area (Å²) in [6, 6.07) is 10.8. The summed E-state index contributed by atoms with van der Waals surface area (Å²) < 4.78 is 0. The summed E-state index contributed by atoms with van der Waals surface area (Å²) in [5, 5.41) is 12.2. The molecule has 0 bridgehead atoms. The van der Waals surface area contributed by atoms with Crippen molar-refractivity contribution in [3.05, 3.63) is 58.7 Å². The van der Waals surface area contributed by atoms with Gasteiger partial charge in [0.1, 0.15) is 0 Å². The van der Waals surface area contributed by atoms with E-state index in [2.05, 4.69) is 5.32 Å². The number of aromatic carboxylic acids is 1. The molecule has 0 unspecified atom stereocenters. The summed E-state index contributed by atoms with van der Waals surface area (Å²) in [5.41, 5.74) is 4.20. The number of carboxylic acids is 1. The number of hydrogen-bond donors (Lipinski definition) is 2. The molecule has 1 aliphatic rings. The summed E-state index contributed by atoms with van der Waals surface area (Å²) in [6.45, 7) is 2.40. The summed E-state index contributed by atoms with van der Waals surface area (Å²) in [5.74, 6) is -1.13. The topological polar surface area (TPSA) is 66.4 Å². The smallest absolute Gasteiger partial charge is 0.336 e. The van der Waals surface area contributed by atoms with Crippen LogP contribution < -0.4 is 5.32 Å². The third-order valence-corrected chi connectivity index (χ3v) is 3.74. The first-order valence-corrected chi connectivity index (χ1v) is 6.89. The van der Waals surface area contributed by atoms with Gasteiger partial charge in [-0.15, -0.1) is 0 Å². The monoisotopic (exact) mass is 281 g/mol. The third-order valence-electron chi connectivity index (χ3n) is 3.74. The Balaban J connectivity index is 2.26. The van der Waals surface area contributed by atoms with Crippen molar-refractivity contribution in [2.24, 2.45) is 0 Å². The van der Waals surface area contributed by atoms with E-state index in [1.807, 2.05) is 25.1 Å². The van der Waals surface area contributed by atoms with Gasteiger partial charge in [-0.25, -0.2) is 4.79 Å². The van der Waals surface area contributed by atoms with Gasteiger partial charge in [0.15, 0.2) is 0 Å². The maximum Gasteiger partial charge on any atom is 0.336 e. The molecule has 2 aromatic rings. The quantitative estimate of drug-likeness (QED) is 0.775. The molecule has 0 aromatic heterocycles. The van der Waals surface area contributed by atoms with Crippen LogP contribution in [0.5, 0.6) is 0 Å². The van der Waals surface area contributed by atoms with E-state index < -0.39 is 5.97 Å². The van der Waals surface area contributed by atoms with Gasteiger partial charge in [0.25, 0.3) is 5.91 Å². The van der Waals surface area contributed by atoms with Crippen LogP contribution in [0.25, 0.3) is 11.1 Å². The second-order valence-electron chi connectivity index (χ2n) is 5.02. The van der Waals surface area contributed by atoms with E-state index in [0.717, 1.165) is 16.7 Å². The summed E-state index contributed by atoms with van der Waals surface area (Å²) in [6.07, 6.45) is 0.666. The zero-order valence-electron chi connectivity index (χ0n) is 11.6. The van der Waals surface area contributed by atoms with Crippen molar-refractivity contribution in [2.75, 3.05) is 6.54 Å². The zero-order chi connectivity index (χ0) is 15.0. The molecule has 0 radical (unpaired) electrons. The molecule has 106 valence electrons. The molecule has 0 saturated carbocycles. The van der Waals surface area contributed by atoms with Gasteiger partial charge in [0.2, 0.25) is 0 Å². The van der Waals surface area contributed by atoms with Gasteiger partial charge in [-0.3, -0.25) is 4.79 Å². The largest absolute Gasteiger partial charge is 0.478 e. The lowest BCUT2D eigenvalue weighted by Crippen LogP contribution is -2.23. The van der Waals surface area contributed by atoms with Crippen molar-refractivity contribution in [2.45, 2.75) is 13.3 Å². The van der Waals surface area contributed by atoms with E-state index in [1.165, 1.54) is 0 Å². The van der Waals surface area contributed by atoms with Crippen molar-refractivity contribution in [1.82, 2.24) is 5.32 Å². The lowest BCUT2D eigenvalue weighted by molar-refractivity contribution is 0.0697. The predicted molar refractivity (Wildman–Crippen MR) is 79.7 cm³/mol. The number of carbonyl (C=O) groups is 2. The molecule has 0 atom stereocenters. The highest BCUT2D eigenvalue weighted by Crippen LogP contribution is 2.41. The average Bonchev–Trinajstić information content (AvgIpc) is 2.85. The summed E-state index contributed by atoms with van der Waals surface area (Å²) >= 11 is 0. The van der Waals surface area contributed by atoms with Crippen LogP contribution in [0.2, 0.25) is 0 Å². The fourth-order valence-electron chi connectivity index (χ4n) is 2.91. The van der Waals surface area contributed by atoms with E-state index in [1.54, 1.807) is 18.2 Å². The maximum absolute atomic E-state index is 12.2. The Morgan fingerprint density at radius 2 is 1.62 bits per heavy atom. The average molecular weight is 281 g/mol. The second kappa shape index (κ2) is 5.05. The molecule has 0 saturated heterocycles. The Bertz CT molecular complexity index is 750. The minimum atomic E-state index is -0.967. The van der Waals surface area contributed by atoms with E-state index in [9.17, 15) is 14.7 Å². The van der Waals surface area contributed by atoms with Gasteiger partial charge in [-0.2, -0.15) is 0 Å². The van der Waals surface area contributed by atoms with Gasteiger partial charge >= 0.3 is 5.97 Å². The normalized spacial score (nSPS) is 11.7. The van der Waals surface area contributed by atoms with Crippen LogP contribution in [0.4, 0.5) is 0 Å². The van der Waals surface area contributed by atoms with Crippen molar-refractivity contribution in [1.29, 1.82) is 0 Å². The fourth-order valence-corrected chi connectivity index (χ4v) is 2.91. The predicted octanol–water partition coefficient (Wildman–Crippen LogP) is 2.71.